The molecule has 1 aromatic rings. The van der Waals surface area contributed by atoms with Crippen LogP contribution in [-0.4, -0.2) is 30.1 Å². The Morgan fingerprint density at radius 2 is 1.64 bits per heavy atom. The third-order valence-corrected chi connectivity index (χ3v) is 6.37. The van der Waals surface area contributed by atoms with Crippen LogP contribution >= 0.6 is 0 Å². The fourth-order valence-corrected chi connectivity index (χ4v) is 3.75. The number of aliphatic imine (C=N–C) groups is 1. The van der Waals surface area contributed by atoms with Crippen molar-refractivity contribution >= 4 is 23.1 Å². The van der Waals surface area contributed by atoms with Crippen molar-refractivity contribution in [3.05, 3.63) is 65.3 Å². The van der Waals surface area contributed by atoms with E-state index >= 15 is 0 Å². The summed E-state index contributed by atoms with van der Waals surface area (Å²) in [5.41, 5.74) is 3.59. The van der Waals surface area contributed by atoms with Gasteiger partial charge in [-0.1, -0.05) is 71.9 Å². The Morgan fingerprint density at radius 3 is 2.17 bits per heavy atom. The molecule has 0 aliphatic carbocycles. The van der Waals surface area contributed by atoms with E-state index in [1.54, 1.807) is 19.1 Å². The van der Waals surface area contributed by atoms with Crippen molar-refractivity contribution in [2.24, 2.45) is 16.8 Å². The van der Waals surface area contributed by atoms with E-state index in [0.717, 1.165) is 18.5 Å². The molecule has 0 saturated carbocycles. The average molecular weight is 494 g/mol. The van der Waals surface area contributed by atoms with Gasteiger partial charge < -0.3 is 10.6 Å². The molecule has 198 valence electrons. The SMILES string of the molecule is CC=CC(/N=C(\C(=C/C)C(=O)/C(=C\C)C(=O)NCC(C)C)C(C)CC)Nc1cccc(C(C)CC)c1. The smallest absolute Gasteiger partial charge is 0.254 e. The number of anilines is 1. The number of carbonyl (C=O) groups is 2. The summed E-state index contributed by atoms with van der Waals surface area (Å²) in [5.74, 6) is 0.173. The van der Waals surface area contributed by atoms with Gasteiger partial charge >= 0.3 is 0 Å². The molecule has 0 aliphatic rings. The summed E-state index contributed by atoms with van der Waals surface area (Å²) in [6, 6.07) is 8.42. The number of rotatable bonds is 14. The zero-order chi connectivity index (χ0) is 27.3. The Labute approximate surface area is 219 Å². The standard InChI is InChI=1S/C31H47N3O2/c1-10-16-28(33-25-18-15-17-24(19-25)22(8)11-2)34-29(23(9)12-3)26(13-4)30(35)27(14-5)31(36)32-20-21(6)7/h10,13-19,21-23,28,33H,11-12,20H2,1-9H3,(H,32,36)/b16-10?,26-13+,27-14+,34-29-. The monoisotopic (exact) mass is 493 g/mol. The van der Waals surface area contributed by atoms with E-state index in [0.29, 0.717) is 29.7 Å². The van der Waals surface area contributed by atoms with Gasteiger partial charge in [0, 0.05) is 17.8 Å². The van der Waals surface area contributed by atoms with Crippen molar-refractivity contribution < 1.29 is 9.59 Å². The molecule has 3 unspecified atom stereocenters. The van der Waals surface area contributed by atoms with Gasteiger partial charge in [0.1, 0.15) is 6.17 Å². The fraction of sp³-hybridized carbons (Fsp3) is 0.516. The van der Waals surface area contributed by atoms with Crippen LogP contribution in [0, 0.1) is 11.8 Å². The minimum absolute atomic E-state index is 0.0398. The topological polar surface area (TPSA) is 70.6 Å². The van der Waals surface area contributed by atoms with Gasteiger partial charge in [-0.05, 0) is 75.1 Å². The van der Waals surface area contributed by atoms with Gasteiger partial charge in [-0.25, -0.2) is 0 Å². The zero-order valence-electron chi connectivity index (χ0n) is 23.8. The van der Waals surface area contributed by atoms with Crippen molar-refractivity contribution in [2.75, 3.05) is 11.9 Å². The van der Waals surface area contributed by atoms with Crippen molar-refractivity contribution in [3.63, 3.8) is 0 Å². The maximum atomic E-state index is 13.6. The van der Waals surface area contributed by atoms with Crippen molar-refractivity contribution in [1.82, 2.24) is 5.32 Å². The van der Waals surface area contributed by atoms with Crippen LogP contribution in [0.1, 0.15) is 86.6 Å². The van der Waals surface area contributed by atoms with Crippen LogP contribution < -0.4 is 10.6 Å². The first-order valence-electron chi connectivity index (χ1n) is 13.4. The molecule has 0 aliphatic heterocycles. The van der Waals surface area contributed by atoms with Gasteiger partial charge in [-0.3, -0.25) is 14.6 Å². The summed E-state index contributed by atoms with van der Waals surface area (Å²) in [7, 11) is 0. The second-order valence-corrected chi connectivity index (χ2v) is 9.71. The van der Waals surface area contributed by atoms with Crippen LogP contribution in [0.3, 0.4) is 0 Å². The van der Waals surface area contributed by atoms with Crippen LogP contribution in [0.2, 0.25) is 0 Å². The number of hydrogen-bond acceptors (Lipinski definition) is 4. The van der Waals surface area contributed by atoms with E-state index in [1.807, 2.05) is 45.9 Å². The highest BCUT2D eigenvalue weighted by Crippen LogP contribution is 2.23. The molecule has 0 bridgehead atoms. The predicted molar refractivity (Wildman–Crippen MR) is 155 cm³/mol. The Morgan fingerprint density at radius 1 is 0.972 bits per heavy atom. The Hall–Kier alpha value is -2.95. The molecule has 0 fully saturated rings. The second kappa shape index (κ2) is 15.9. The molecular formula is C31H47N3O2. The normalized spacial score (nSPS) is 15.7. The molecule has 1 aromatic carbocycles. The molecular weight excluding hydrogens is 446 g/mol. The molecule has 36 heavy (non-hydrogen) atoms. The van der Waals surface area contributed by atoms with E-state index in [-0.39, 0.29) is 29.3 Å². The fourth-order valence-electron chi connectivity index (χ4n) is 3.75. The quantitative estimate of drug-likeness (QED) is 0.0943. The van der Waals surface area contributed by atoms with E-state index in [1.165, 1.54) is 5.56 Å². The molecule has 5 nitrogen and oxygen atoms in total. The van der Waals surface area contributed by atoms with E-state index < -0.39 is 0 Å². The first-order valence-corrected chi connectivity index (χ1v) is 13.4. The van der Waals surface area contributed by atoms with Crippen molar-refractivity contribution in [1.29, 1.82) is 0 Å². The number of ketones is 1. The third kappa shape index (κ3) is 9.25. The molecule has 0 spiro atoms. The molecule has 2 N–H and O–H groups in total. The first-order chi connectivity index (χ1) is 17.1. The molecule has 3 atom stereocenters. The molecule has 0 aromatic heterocycles. The van der Waals surface area contributed by atoms with Gasteiger partial charge in [-0.2, -0.15) is 0 Å². The predicted octanol–water partition coefficient (Wildman–Crippen LogP) is 7.24. The summed E-state index contributed by atoms with van der Waals surface area (Å²) in [5, 5.41) is 6.39. The highest BCUT2D eigenvalue weighted by atomic mass is 16.2. The summed E-state index contributed by atoms with van der Waals surface area (Å²) >= 11 is 0. The second-order valence-electron chi connectivity index (χ2n) is 9.71. The summed E-state index contributed by atoms with van der Waals surface area (Å²) < 4.78 is 0. The summed E-state index contributed by atoms with van der Waals surface area (Å²) in [6.45, 7) is 18.6. The van der Waals surface area contributed by atoms with E-state index in [9.17, 15) is 9.59 Å². The van der Waals surface area contributed by atoms with E-state index in [4.69, 9.17) is 4.99 Å². The average Bonchev–Trinajstić information content (AvgIpc) is 2.86. The van der Waals surface area contributed by atoms with Gasteiger partial charge in [-0.15, -0.1) is 0 Å². The lowest BCUT2D eigenvalue weighted by molar-refractivity contribution is -0.121. The summed E-state index contributed by atoms with van der Waals surface area (Å²) in [6.07, 6.45) is 8.87. The Kier molecular flexibility index (Phi) is 13.7. The first kappa shape index (κ1) is 31.1. The molecule has 0 saturated heterocycles. The van der Waals surface area contributed by atoms with Crippen LogP contribution in [0.5, 0.6) is 0 Å². The van der Waals surface area contributed by atoms with E-state index in [2.05, 4.69) is 56.5 Å². The summed E-state index contributed by atoms with van der Waals surface area (Å²) in [4.78, 5) is 31.4. The molecule has 5 heteroatoms. The molecule has 1 amide bonds. The molecule has 1 rings (SSSR count). The molecule has 0 radical (unpaired) electrons. The Bertz CT molecular complexity index is 985. The number of nitrogens with zero attached hydrogens (tertiary/aromatic N) is 1. The lowest BCUT2D eigenvalue weighted by Gasteiger charge is -2.21. The van der Waals surface area contributed by atoms with Gasteiger partial charge in [0.25, 0.3) is 5.91 Å². The van der Waals surface area contributed by atoms with Crippen LogP contribution in [0.25, 0.3) is 0 Å². The van der Waals surface area contributed by atoms with Crippen molar-refractivity contribution in [2.45, 2.75) is 87.2 Å². The zero-order valence-corrected chi connectivity index (χ0v) is 23.8. The highest BCUT2D eigenvalue weighted by molar-refractivity contribution is 6.35. The van der Waals surface area contributed by atoms with Crippen LogP contribution in [0.15, 0.2) is 64.7 Å². The minimum atomic E-state index is -0.349. The number of nitrogens with one attached hydrogen (secondary N) is 2. The van der Waals surface area contributed by atoms with Crippen LogP contribution in [-0.2, 0) is 9.59 Å². The lowest BCUT2D eigenvalue weighted by Crippen LogP contribution is -2.33. The third-order valence-electron chi connectivity index (χ3n) is 6.37. The number of hydrogen-bond donors (Lipinski definition) is 2. The van der Waals surface area contributed by atoms with Gasteiger partial charge in [0.05, 0.1) is 11.3 Å². The minimum Gasteiger partial charge on any atom is -0.361 e. The number of allylic oxidation sites excluding steroid dienone is 4. The van der Waals surface area contributed by atoms with Crippen LogP contribution in [0.4, 0.5) is 5.69 Å². The van der Waals surface area contributed by atoms with Gasteiger partial charge in [0.2, 0.25) is 0 Å². The highest BCUT2D eigenvalue weighted by Gasteiger charge is 2.26. The lowest BCUT2D eigenvalue weighted by atomic mass is 9.90. The Balaban J connectivity index is 3.40. The van der Waals surface area contributed by atoms with Crippen molar-refractivity contribution in [3.8, 4) is 0 Å². The number of amides is 1. The number of benzene rings is 1. The number of carbonyl (C=O) groups excluding carboxylic acids is 2. The maximum absolute atomic E-state index is 13.6. The number of Topliss-reactive ketones (excluding diaryl/α,β-unsaturated/α-hetero) is 1. The van der Waals surface area contributed by atoms with Gasteiger partial charge in [0.15, 0.2) is 5.78 Å². The largest absolute Gasteiger partial charge is 0.361 e. The molecule has 0 heterocycles. The maximum Gasteiger partial charge on any atom is 0.254 e.